The zero-order valence-corrected chi connectivity index (χ0v) is 19.1. The van der Waals surface area contributed by atoms with Crippen molar-refractivity contribution in [2.45, 2.75) is 71.6 Å². The molecule has 2 unspecified atom stereocenters. The van der Waals surface area contributed by atoms with Crippen molar-refractivity contribution in [1.82, 2.24) is 0 Å². The van der Waals surface area contributed by atoms with E-state index >= 15 is 0 Å². The predicted molar refractivity (Wildman–Crippen MR) is 129 cm³/mol. The van der Waals surface area contributed by atoms with Crippen LogP contribution in [0.5, 0.6) is 5.75 Å². The first-order valence-electron chi connectivity index (χ1n) is 11.9. The van der Waals surface area contributed by atoms with E-state index in [4.69, 9.17) is 4.74 Å². The van der Waals surface area contributed by atoms with Gasteiger partial charge in [-0.25, -0.2) is 0 Å². The summed E-state index contributed by atoms with van der Waals surface area (Å²) in [5.41, 5.74) is 5.55. The van der Waals surface area contributed by atoms with Crippen molar-refractivity contribution in [3.8, 4) is 5.75 Å². The lowest BCUT2D eigenvalue weighted by Gasteiger charge is -2.17. The molecule has 2 aromatic carbocycles. The average molecular weight is 403 g/mol. The van der Waals surface area contributed by atoms with Crippen LogP contribution in [-0.2, 0) is 12.8 Å². The van der Waals surface area contributed by atoms with Crippen molar-refractivity contribution in [2.75, 3.05) is 6.61 Å². The maximum absolute atomic E-state index is 6.02. The molecule has 1 nitrogen and oxygen atoms in total. The SMILES string of the molecule is CCCCCc1ccc(C2C=CC(COc3ccc(CC(C)CC)cc3)=CC2)cc1. The number of rotatable bonds is 11. The van der Waals surface area contributed by atoms with Gasteiger partial charge < -0.3 is 4.74 Å². The van der Waals surface area contributed by atoms with Gasteiger partial charge in [0.1, 0.15) is 12.4 Å². The van der Waals surface area contributed by atoms with Gasteiger partial charge in [0, 0.05) is 5.92 Å². The molecule has 0 aromatic heterocycles. The van der Waals surface area contributed by atoms with E-state index < -0.39 is 0 Å². The molecular formula is C29H38O. The molecule has 3 rings (SSSR count). The van der Waals surface area contributed by atoms with Gasteiger partial charge >= 0.3 is 0 Å². The fourth-order valence-corrected chi connectivity index (χ4v) is 3.96. The Morgan fingerprint density at radius 1 is 0.933 bits per heavy atom. The van der Waals surface area contributed by atoms with Crippen LogP contribution in [0.4, 0.5) is 0 Å². The summed E-state index contributed by atoms with van der Waals surface area (Å²) in [6, 6.07) is 17.9. The molecule has 1 heteroatoms. The van der Waals surface area contributed by atoms with Gasteiger partial charge in [-0.2, -0.15) is 0 Å². The van der Waals surface area contributed by atoms with Gasteiger partial charge in [-0.1, -0.05) is 94.7 Å². The highest BCUT2D eigenvalue weighted by molar-refractivity contribution is 5.35. The van der Waals surface area contributed by atoms with Crippen molar-refractivity contribution < 1.29 is 4.74 Å². The fraction of sp³-hybridized carbons (Fsp3) is 0.448. The molecule has 0 aliphatic heterocycles. The number of hydrogen-bond acceptors (Lipinski definition) is 1. The Hall–Kier alpha value is -2.28. The van der Waals surface area contributed by atoms with E-state index in [1.807, 2.05) is 0 Å². The van der Waals surface area contributed by atoms with Crippen LogP contribution in [0.2, 0.25) is 0 Å². The second-order valence-corrected chi connectivity index (χ2v) is 8.83. The van der Waals surface area contributed by atoms with Crippen LogP contribution in [0.1, 0.15) is 75.5 Å². The normalized spacial score (nSPS) is 16.9. The third-order valence-corrected chi connectivity index (χ3v) is 6.26. The molecule has 1 aliphatic rings. The largest absolute Gasteiger partial charge is 0.489 e. The molecule has 160 valence electrons. The predicted octanol–water partition coefficient (Wildman–Crippen LogP) is 8.06. The Kier molecular flexibility index (Phi) is 8.81. The lowest BCUT2D eigenvalue weighted by Crippen LogP contribution is -2.05. The summed E-state index contributed by atoms with van der Waals surface area (Å²) >= 11 is 0. The molecule has 0 spiro atoms. The summed E-state index contributed by atoms with van der Waals surface area (Å²) in [4.78, 5) is 0. The highest BCUT2D eigenvalue weighted by Gasteiger charge is 2.12. The minimum atomic E-state index is 0.485. The van der Waals surface area contributed by atoms with Crippen LogP contribution in [0, 0.1) is 5.92 Å². The topological polar surface area (TPSA) is 9.23 Å². The van der Waals surface area contributed by atoms with E-state index in [-0.39, 0.29) is 0 Å². The number of unbranched alkanes of at least 4 members (excludes halogenated alkanes) is 2. The zero-order chi connectivity index (χ0) is 21.2. The summed E-state index contributed by atoms with van der Waals surface area (Å²) < 4.78 is 6.02. The van der Waals surface area contributed by atoms with Gasteiger partial charge in [-0.15, -0.1) is 0 Å². The van der Waals surface area contributed by atoms with Crippen LogP contribution < -0.4 is 4.74 Å². The van der Waals surface area contributed by atoms with E-state index in [2.05, 4.69) is 87.5 Å². The molecule has 2 aromatic rings. The number of allylic oxidation sites excluding steroid dienone is 2. The fourth-order valence-electron chi connectivity index (χ4n) is 3.96. The van der Waals surface area contributed by atoms with Crippen LogP contribution in [-0.4, -0.2) is 6.61 Å². The quantitative estimate of drug-likeness (QED) is 0.345. The number of hydrogen-bond donors (Lipinski definition) is 0. The average Bonchev–Trinajstić information content (AvgIpc) is 2.79. The van der Waals surface area contributed by atoms with Gasteiger partial charge in [-0.3, -0.25) is 0 Å². The second kappa shape index (κ2) is 11.8. The third-order valence-electron chi connectivity index (χ3n) is 6.26. The Balaban J connectivity index is 1.45. The smallest absolute Gasteiger partial charge is 0.119 e. The van der Waals surface area contributed by atoms with E-state index in [0.717, 1.165) is 24.5 Å². The molecule has 1 aliphatic carbocycles. The van der Waals surface area contributed by atoms with Crippen molar-refractivity contribution in [3.05, 3.63) is 89.0 Å². The molecule has 0 fully saturated rings. The highest BCUT2D eigenvalue weighted by Crippen LogP contribution is 2.27. The van der Waals surface area contributed by atoms with Crippen LogP contribution in [0.3, 0.4) is 0 Å². The Labute approximate surface area is 183 Å². The molecule has 0 N–H and O–H groups in total. The standard InChI is InChI=1S/C29H38O/c1-4-6-7-8-24-9-15-27(16-10-24)28-17-11-26(12-18-28)22-30-29-19-13-25(14-20-29)21-23(3)5-2/h9-17,19-20,23,28H,4-8,18,21-22H2,1-3H3. The Morgan fingerprint density at radius 2 is 1.67 bits per heavy atom. The molecule has 0 saturated heterocycles. The molecule has 0 heterocycles. The summed E-state index contributed by atoms with van der Waals surface area (Å²) in [5, 5.41) is 0. The molecule has 0 bridgehead atoms. The highest BCUT2D eigenvalue weighted by atomic mass is 16.5. The lowest BCUT2D eigenvalue weighted by atomic mass is 9.89. The summed E-state index contributed by atoms with van der Waals surface area (Å²) in [7, 11) is 0. The number of aryl methyl sites for hydroxylation is 1. The molecule has 0 amide bonds. The van der Waals surface area contributed by atoms with Crippen molar-refractivity contribution in [3.63, 3.8) is 0 Å². The van der Waals surface area contributed by atoms with Crippen molar-refractivity contribution >= 4 is 0 Å². The van der Waals surface area contributed by atoms with E-state index in [1.165, 1.54) is 54.4 Å². The zero-order valence-electron chi connectivity index (χ0n) is 19.1. The maximum Gasteiger partial charge on any atom is 0.119 e. The van der Waals surface area contributed by atoms with Crippen LogP contribution in [0.25, 0.3) is 0 Å². The number of benzene rings is 2. The molecule has 0 radical (unpaired) electrons. The first-order valence-corrected chi connectivity index (χ1v) is 11.9. The van der Waals surface area contributed by atoms with Gasteiger partial charge in [0.2, 0.25) is 0 Å². The Bertz CT molecular complexity index is 810. The summed E-state index contributed by atoms with van der Waals surface area (Å²) in [6.07, 6.45) is 15.4. The van der Waals surface area contributed by atoms with Crippen molar-refractivity contribution in [1.29, 1.82) is 0 Å². The molecule has 30 heavy (non-hydrogen) atoms. The van der Waals surface area contributed by atoms with Gasteiger partial charge in [0.25, 0.3) is 0 Å². The lowest BCUT2D eigenvalue weighted by molar-refractivity contribution is 0.354. The van der Waals surface area contributed by atoms with E-state index in [1.54, 1.807) is 0 Å². The van der Waals surface area contributed by atoms with E-state index in [0.29, 0.717) is 12.5 Å². The van der Waals surface area contributed by atoms with Crippen LogP contribution in [0.15, 0.2) is 72.3 Å². The van der Waals surface area contributed by atoms with Gasteiger partial charge in [-0.05, 0) is 66.0 Å². The Morgan fingerprint density at radius 3 is 2.30 bits per heavy atom. The first kappa shape index (κ1) is 22.4. The second-order valence-electron chi connectivity index (χ2n) is 8.83. The minimum Gasteiger partial charge on any atom is -0.489 e. The summed E-state index contributed by atoms with van der Waals surface area (Å²) in [5.74, 6) is 2.18. The minimum absolute atomic E-state index is 0.485. The van der Waals surface area contributed by atoms with E-state index in [9.17, 15) is 0 Å². The first-order chi connectivity index (χ1) is 14.7. The third kappa shape index (κ3) is 6.90. The van der Waals surface area contributed by atoms with Gasteiger partial charge in [0.05, 0.1) is 0 Å². The van der Waals surface area contributed by atoms with Crippen LogP contribution >= 0.6 is 0 Å². The molecular weight excluding hydrogens is 364 g/mol. The molecule has 2 atom stereocenters. The maximum atomic E-state index is 6.02. The molecule has 0 saturated carbocycles. The monoisotopic (exact) mass is 402 g/mol. The van der Waals surface area contributed by atoms with Gasteiger partial charge in [0.15, 0.2) is 0 Å². The summed E-state index contributed by atoms with van der Waals surface area (Å²) in [6.45, 7) is 7.46. The number of ether oxygens (including phenoxy) is 1. The van der Waals surface area contributed by atoms with Crippen molar-refractivity contribution in [2.24, 2.45) is 5.92 Å².